The number of thiazole rings is 1. The van der Waals surface area contributed by atoms with E-state index in [0.717, 1.165) is 16.3 Å². The standard InChI is InChI=1S/C13H15NOS/c1-9-3-5-11(6-4-9)12(15)7-13-14-10(2)8-16-13/h3-6,8,12,15H,7H2,1-2H3. The van der Waals surface area contributed by atoms with E-state index in [1.54, 1.807) is 11.3 Å². The third-order valence-corrected chi connectivity index (χ3v) is 3.49. The molecule has 1 atom stereocenters. The molecule has 1 N–H and O–H groups in total. The normalized spacial score (nSPS) is 12.7. The van der Waals surface area contributed by atoms with Gasteiger partial charge in [-0.3, -0.25) is 0 Å². The van der Waals surface area contributed by atoms with Gasteiger partial charge in [0.2, 0.25) is 0 Å². The lowest BCUT2D eigenvalue weighted by Gasteiger charge is -2.09. The molecule has 0 aliphatic heterocycles. The lowest BCUT2D eigenvalue weighted by Crippen LogP contribution is -2.01. The van der Waals surface area contributed by atoms with Crippen molar-refractivity contribution in [2.24, 2.45) is 0 Å². The molecule has 2 nitrogen and oxygen atoms in total. The Labute approximate surface area is 99.6 Å². The highest BCUT2D eigenvalue weighted by atomic mass is 32.1. The zero-order valence-corrected chi connectivity index (χ0v) is 10.3. The van der Waals surface area contributed by atoms with Gasteiger partial charge in [0, 0.05) is 17.5 Å². The minimum atomic E-state index is -0.453. The molecule has 0 radical (unpaired) electrons. The van der Waals surface area contributed by atoms with Crippen molar-refractivity contribution < 1.29 is 5.11 Å². The van der Waals surface area contributed by atoms with E-state index in [0.29, 0.717) is 6.42 Å². The van der Waals surface area contributed by atoms with Gasteiger partial charge in [-0.25, -0.2) is 4.98 Å². The maximum Gasteiger partial charge on any atom is 0.0957 e. The predicted octanol–water partition coefficient (Wildman–Crippen LogP) is 3.04. The highest BCUT2D eigenvalue weighted by Gasteiger charge is 2.10. The van der Waals surface area contributed by atoms with Crippen molar-refractivity contribution in [2.75, 3.05) is 0 Å². The molecule has 16 heavy (non-hydrogen) atoms. The van der Waals surface area contributed by atoms with Gasteiger partial charge in [-0.2, -0.15) is 0 Å². The van der Waals surface area contributed by atoms with Crippen LogP contribution < -0.4 is 0 Å². The second-order valence-corrected chi connectivity index (χ2v) is 4.96. The Kier molecular flexibility index (Phi) is 3.36. The summed E-state index contributed by atoms with van der Waals surface area (Å²) in [5.41, 5.74) is 3.19. The molecule has 84 valence electrons. The molecule has 1 aromatic carbocycles. The maximum absolute atomic E-state index is 10.0. The van der Waals surface area contributed by atoms with Crippen LogP contribution in [0.4, 0.5) is 0 Å². The molecule has 1 aromatic heterocycles. The Morgan fingerprint density at radius 3 is 2.50 bits per heavy atom. The first-order chi connectivity index (χ1) is 7.65. The van der Waals surface area contributed by atoms with Crippen LogP contribution in [0.15, 0.2) is 29.6 Å². The van der Waals surface area contributed by atoms with Crippen molar-refractivity contribution in [3.8, 4) is 0 Å². The summed E-state index contributed by atoms with van der Waals surface area (Å²) in [4.78, 5) is 4.35. The Hall–Kier alpha value is -1.19. The Balaban J connectivity index is 2.08. The average molecular weight is 233 g/mol. The number of hydrogen-bond donors (Lipinski definition) is 1. The van der Waals surface area contributed by atoms with Crippen LogP contribution in [0.3, 0.4) is 0 Å². The summed E-state index contributed by atoms with van der Waals surface area (Å²) in [6.45, 7) is 4.01. The first kappa shape index (κ1) is 11.3. The van der Waals surface area contributed by atoms with Crippen molar-refractivity contribution in [3.05, 3.63) is 51.5 Å². The number of aliphatic hydroxyl groups is 1. The lowest BCUT2D eigenvalue weighted by atomic mass is 10.1. The summed E-state index contributed by atoms with van der Waals surface area (Å²) in [6, 6.07) is 7.98. The third-order valence-electron chi connectivity index (χ3n) is 2.50. The van der Waals surface area contributed by atoms with Crippen molar-refractivity contribution >= 4 is 11.3 Å². The van der Waals surface area contributed by atoms with E-state index in [1.807, 2.05) is 43.5 Å². The Morgan fingerprint density at radius 1 is 1.25 bits per heavy atom. The van der Waals surface area contributed by atoms with Crippen LogP contribution in [-0.4, -0.2) is 10.1 Å². The highest BCUT2D eigenvalue weighted by Crippen LogP contribution is 2.20. The van der Waals surface area contributed by atoms with Crippen LogP contribution in [0.25, 0.3) is 0 Å². The molecular formula is C13H15NOS. The Morgan fingerprint density at radius 2 is 1.94 bits per heavy atom. The molecule has 1 unspecified atom stereocenters. The minimum absolute atomic E-state index is 0.453. The lowest BCUT2D eigenvalue weighted by molar-refractivity contribution is 0.178. The van der Waals surface area contributed by atoms with Crippen LogP contribution in [0.1, 0.15) is 27.9 Å². The molecule has 0 saturated heterocycles. The van der Waals surface area contributed by atoms with E-state index in [2.05, 4.69) is 4.98 Å². The minimum Gasteiger partial charge on any atom is -0.388 e. The molecule has 1 heterocycles. The second-order valence-electron chi connectivity index (χ2n) is 4.01. The number of aromatic nitrogens is 1. The maximum atomic E-state index is 10.0. The average Bonchev–Trinajstić information content (AvgIpc) is 2.65. The van der Waals surface area contributed by atoms with Gasteiger partial charge in [-0.15, -0.1) is 11.3 Å². The summed E-state index contributed by atoms with van der Waals surface area (Å²) in [5.74, 6) is 0. The van der Waals surface area contributed by atoms with Gasteiger partial charge in [-0.1, -0.05) is 29.8 Å². The molecule has 0 fully saturated rings. The number of nitrogens with zero attached hydrogens (tertiary/aromatic N) is 1. The molecule has 0 aliphatic rings. The third kappa shape index (κ3) is 2.68. The van der Waals surface area contributed by atoms with Crippen molar-refractivity contribution in [1.82, 2.24) is 4.98 Å². The van der Waals surface area contributed by atoms with Gasteiger partial charge in [0.25, 0.3) is 0 Å². The van der Waals surface area contributed by atoms with Gasteiger partial charge in [0.05, 0.1) is 11.1 Å². The number of rotatable bonds is 3. The first-order valence-corrected chi connectivity index (χ1v) is 6.19. The van der Waals surface area contributed by atoms with Crippen LogP contribution >= 0.6 is 11.3 Å². The van der Waals surface area contributed by atoms with Crippen molar-refractivity contribution in [1.29, 1.82) is 0 Å². The summed E-state index contributed by atoms with van der Waals surface area (Å²) >= 11 is 1.60. The smallest absolute Gasteiger partial charge is 0.0957 e. The molecule has 2 aromatic rings. The number of hydrogen-bond acceptors (Lipinski definition) is 3. The largest absolute Gasteiger partial charge is 0.388 e. The van der Waals surface area contributed by atoms with Crippen molar-refractivity contribution in [2.45, 2.75) is 26.4 Å². The van der Waals surface area contributed by atoms with Crippen LogP contribution in [0, 0.1) is 13.8 Å². The molecule has 0 spiro atoms. The summed E-state index contributed by atoms with van der Waals surface area (Å²) in [5, 5.41) is 13.0. The molecule has 3 heteroatoms. The summed E-state index contributed by atoms with van der Waals surface area (Å²) in [7, 11) is 0. The van der Waals surface area contributed by atoms with E-state index in [1.165, 1.54) is 5.56 Å². The zero-order chi connectivity index (χ0) is 11.5. The number of benzene rings is 1. The van der Waals surface area contributed by atoms with E-state index < -0.39 is 6.10 Å². The topological polar surface area (TPSA) is 33.1 Å². The molecule has 0 bridgehead atoms. The van der Waals surface area contributed by atoms with E-state index in [9.17, 15) is 5.11 Å². The molecule has 0 amide bonds. The Bertz CT molecular complexity index is 461. The second kappa shape index (κ2) is 4.76. The predicted molar refractivity (Wildman–Crippen MR) is 66.7 cm³/mol. The van der Waals surface area contributed by atoms with Gasteiger partial charge in [0.15, 0.2) is 0 Å². The highest BCUT2D eigenvalue weighted by molar-refractivity contribution is 7.09. The molecule has 0 saturated carbocycles. The quantitative estimate of drug-likeness (QED) is 0.884. The van der Waals surface area contributed by atoms with Gasteiger partial charge in [-0.05, 0) is 19.4 Å². The fourth-order valence-electron chi connectivity index (χ4n) is 1.57. The first-order valence-electron chi connectivity index (χ1n) is 5.31. The summed E-state index contributed by atoms with van der Waals surface area (Å²) < 4.78 is 0. The van der Waals surface area contributed by atoms with Crippen LogP contribution in [-0.2, 0) is 6.42 Å². The van der Waals surface area contributed by atoms with E-state index in [-0.39, 0.29) is 0 Å². The molecule has 0 aliphatic carbocycles. The van der Waals surface area contributed by atoms with Crippen molar-refractivity contribution in [3.63, 3.8) is 0 Å². The van der Waals surface area contributed by atoms with Gasteiger partial charge in [0.1, 0.15) is 0 Å². The van der Waals surface area contributed by atoms with Gasteiger partial charge >= 0.3 is 0 Å². The van der Waals surface area contributed by atoms with E-state index in [4.69, 9.17) is 0 Å². The van der Waals surface area contributed by atoms with Gasteiger partial charge < -0.3 is 5.11 Å². The SMILES string of the molecule is Cc1ccc(C(O)Cc2nc(C)cs2)cc1. The van der Waals surface area contributed by atoms with Crippen LogP contribution in [0.5, 0.6) is 0 Å². The fraction of sp³-hybridized carbons (Fsp3) is 0.308. The molecule has 2 rings (SSSR count). The monoisotopic (exact) mass is 233 g/mol. The number of aliphatic hydroxyl groups excluding tert-OH is 1. The summed E-state index contributed by atoms with van der Waals surface area (Å²) in [6.07, 6.45) is 0.146. The van der Waals surface area contributed by atoms with E-state index >= 15 is 0 Å². The van der Waals surface area contributed by atoms with Crippen LogP contribution in [0.2, 0.25) is 0 Å². The fourth-order valence-corrected chi connectivity index (χ4v) is 2.38. The molecular weight excluding hydrogens is 218 g/mol. The zero-order valence-electron chi connectivity index (χ0n) is 9.47. The number of aryl methyl sites for hydroxylation is 2.